The molecule has 5 nitrogen and oxygen atoms in total. The van der Waals surface area contributed by atoms with Crippen molar-refractivity contribution in [3.63, 3.8) is 0 Å². The van der Waals surface area contributed by atoms with Gasteiger partial charge in [-0.15, -0.1) is 0 Å². The average Bonchev–Trinajstić information content (AvgIpc) is 2.35. The molecule has 1 aromatic rings. The topological polar surface area (TPSA) is 69.7 Å². The van der Waals surface area contributed by atoms with Crippen molar-refractivity contribution in [2.45, 2.75) is 36.2 Å². The van der Waals surface area contributed by atoms with Gasteiger partial charge in [-0.2, -0.15) is 0 Å². The zero-order valence-corrected chi connectivity index (χ0v) is 12.4. The van der Waals surface area contributed by atoms with Crippen LogP contribution in [0.15, 0.2) is 29.2 Å². The fourth-order valence-electron chi connectivity index (χ4n) is 2.23. The zero-order chi connectivity index (χ0) is 14.8. The standard InChI is InChI=1S/C14H18O5S/c1-18-13(15)10-14(8-3-9-14)19-11-4-6-12(7-5-11)20(2,16)17/h4-7H,3,8-10H2,1-2H3. The Morgan fingerprint density at radius 3 is 2.25 bits per heavy atom. The van der Waals surface area contributed by atoms with Gasteiger partial charge in [0.2, 0.25) is 0 Å². The van der Waals surface area contributed by atoms with Gasteiger partial charge in [0.05, 0.1) is 18.4 Å². The highest BCUT2D eigenvalue weighted by atomic mass is 32.2. The quantitative estimate of drug-likeness (QED) is 0.777. The Morgan fingerprint density at radius 1 is 1.25 bits per heavy atom. The van der Waals surface area contributed by atoms with Crippen molar-refractivity contribution >= 4 is 15.8 Å². The van der Waals surface area contributed by atoms with Gasteiger partial charge in [-0.25, -0.2) is 8.42 Å². The van der Waals surface area contributed by atoms with Crippen LogP contribution in [0.25, 0.3) is 0 Å². The molecule has 0 unspecified atom stereocenters. The number of carbonyl (C=O) groups is 1. The Labute approximate surface area is 118 Å². The molecule has 0 aliphatic heterocycles. The summed E-state index contributed by atoms with van der Waals surface area (Å²) in [4.78, 5) is 11.7. The molecule has 0 N–H and O–H groups in total. The third-order valence-corrected chi connectivity index (χ3v) is 4.67. The lowest BCUT2D eigenvalue weighted by Gasteiger charge is -2.41. The van der Waals surface area contributed by atoms with Gasteiger partial charge < -0.3 is 9.47 Å². The first-order valence-corrected chi connectivity index (χ1v) is 8.30. The molecule has 1 aliphatic rings. The summed E-state index contributed by atoms with van der Waals surface area (Å²) in [5.41, 5.74) is -0.500. The summed E-state index contributed by atoms with van der Waals surface area (Å²) in [7, 11) is -1.85. The summed E-state index contributed by atoms with van der Waals surface area (Å²) in [5, 5.41) is 0. The predicted octanol–water partition coefficient (Wildman–Crippen LogP) is 1.95. The SMILES string of the molecule is COC(=O)CC1(Oc2ccc(S(C)(=O)=O)cc2)CCC1. The number of ether oxygens (including phenoxy) is 2. The normalized spacial score (nSPS) is 17.1. The van der Waals surface area contributed by atoms with E-state index in [-0.39, 0.29) is 17.3 Å². The molecule has 0 amide bonds. The van der Waals surface area contributed by atoms with Crippen LogP contribution < -0.4 is 4.74 Å². The molecular formula is C14H18O5S. The molecule has 0 aromatic heterocycles. The van der Waals surface area contributed by atoms with Gasteiger partial charge in [0, 0.05) is 6.26 Å². The second-order valence-electron chi connectivity index (χ2n) is 5.14. The summed E-state index contributed by atoms with van der Waals surface area (Å²) in [6.07, 6.45) is 4.00. The molecule has 0 spiro atoms. The van der Waals surface area contributed by atoms with E-state index in [4.69, 9.17) is 4.74 Å². The van der Waals surface area contributed by atoms with E-state index in [9.17, 15) is 13.2 Å². The molecule has 0 bridgehead atoms. The number of hydrogen-bond acceptors (Lipinski definition) is 5. The lowest BCUT2D eigenvalue weighted by atomic mass is 9.77. The summed E-state index contributed by atoms with van der Waals surface area (Å²) in [5.74, 6) is 0.276. The zero-order valence-electron chi connectivity index (χ0n) is 11.6. The van der Waals surface area contributed by atoms with Crippen molar-refractivity contribution in [2.24, 2.45) is 0 Å². The Balaban J connectivity index is 2.10. The number of esters is 1. The third-order valence-electron chi connectivity index (χ3n) is 3.55. The van der Waals surface area contributed by atoms with Crippen LogP contribution in [-0.4, -0.2) is 33.4 Å². The van der Waals surface area contributed by atoms with Crippen molar-refractivity contribution in [1.82, 2.24) is 0 Å². The highest BCUT2D eigenvalue weighted by Gasteiger charge is 2.41. The van der Waals surface area contributed by atoms with E-state index in [0.717, 1.165) is 25.5 Å². The maximum atomic E-state index is 11.4. The highest BCUT2D eigenvalue weighted by molar-refractivity contribution is 7.90. The fraction of sp³-hybridized carbons (Fsp3) is 0.500. The molecule has 6 heteroatoms. The first-order chi connectivity index (χ1) is 9.35. The minimum Gasteiger partial charge on any atom is -0.487 e. The minimum absolute atomic E-state index is 0.220. The van der Waals surface area contributed by atoms with Gasteiger partial charge >= 0.3 is 5.97 Å². The molecule has 1 aliphatic carbocycles. The van der Waals surface area contributed by atoms with Crippen LogP contribution in [0.5, 0.6) is 5.75 Å². The van der Waals surface area contributed by atoms with Gasteiger partial charge in [0.25, 0.3) is 0 Å². The molecule has 2 rings (SSSR count). The number of methoxy groups -OCH3 is 1. The Kier molecular flexibility index (Phi) is 4.04. The van der Waals surface area contributed by atoms with Crippen molar-refractivity contribution in [3.05, 3.63) is 24.3 Å². The smallest absolute Gasteiger partial charge is 0.309 e. The van der Waals surface area contributed by atoms with E-state index in [2.05, 4.69) is 4.74 Å². The number of benzene rings is 1. The van der Waals surface area contributed by atoms with E-state index in [0.29, 0.717) is 5.75 Å². The van der Waals surface area contributed by atoms with E-state index in [1.54, 1.807) is 12.1 Å². The molecule has 110 valence electrons. The van der Waals surface area contributed by atoms with Crippen LogP contribution in [0.1, 0.15) is 25.7 Å². The Hall–Kier alpha value is -1.56. The second-order valence-corrected chi connectivity index (χ2v) is 7.15. The van der Waals surface area contributed by atoms with Crippen molar-refractivity contribution in [2.75, 3.05) is 13.4 Å². The van der Waals surface area contributed by atoms with E-state index in [1.807, 2.05) is 0 Å². The molecule has 1 saturated carbocycles. The third kappa shape index (κ3) is 3.30. The minimum atomic E-state index is -3.21. The molecular weight excluding hydrogens is 280 g/mol. The van der Waals surface area contributed by atoms with Crippen molar-refractivity contribution < 1.29 is 22.7 Å². The summed E-state index contributed by atoms with van der Waals surface area (Å²) >= 11 is 0. The Morgan fingerprint density at radius 2 is 1.85 bits per heavy atom. The molecule has 0 saturated heterocycles. The van der Waals surface area contributed by atoms with Crippen LogP contribution in [0.4, 0.5) is 0 Å². The van der Waals surface area contributed by atoms with Crippen LogP contribution in [-0.2, 0) is 19.4 Å². The molecule has 0 atom stereocenters. The summed E-state index contributed by atoms with van der Waals surface area (Å²) in [6.45, 7) is 0. The van der Waals surface area contributed by atoms with E-state index < -0.39 is 15.4 Å². The van der Waals surface area contributed by atoms with Gasteiger partial charge in [-0.05, 0) is 43.5 Å². The fourth-order valence-corrected chi connectivity index (χ4v) is 2.86. The van der Waals surface area contributed by atoms with Crippen LogP contribution in [0.3, 0.4) is 0 Å². The van der Waals surface area contributed by atoms with Crippen molar-refractivity contribution in [1.29, 1.82) is 0 Å². The highest BCUT2D eigenvalue weighted by Crippen LogP contribution is 2.39. The van der Waals surface area contributed by atoms with E-state index in [1.165, 1.54) is 19.2 Å². The molecule has 1 fully saturated rings. The van der Waals surface area contributed by atoms with E-state index >= 15 is 0 Å². The molecule has 20 heavy (non-hydrogen) atoms. The Bertz CT molecular complexity index is 584. The first kappa shape index (κ1) is 14.8. The predicted molar refractivity (Wildman–Crippen MR) is 73.4 cm³/mol. The number of carbonyl (C=O) groups excluding carboxylic acids is 1. The van der Waals surface area contributed by atoms with Crippen LogP contribution in [0.2, 0.25) is 0 Å². The van der Waals surface area contributed by atoms with Gasteiger partial charge in [0.1, 0.15) is 11.4 Å². The number of sulfone groups is 1. The lowest BCUT2D eigenvalue weighted by Crippen LogP contribution is -2.45. The summed E-state index contributed by atoms with van der Waals surface area (Å²) in [6, 6.07) is 6.26. The maximum Gasteiger partial charge on any atom is 0.309 e. The number of rotatable bonds is 5. The molecule has 0 heterocycles. The first-order valence-electron chi connectivity index (χ1n) is 6.41. The van der Waals surface area contributed by atoms with Gasteiger partial charge in [0.15, 0.2) is 9.84 Å². The van der Waals surface area contributed by atoms with Crippen LogP contribution >= 0.6 is 0 Å². The average molecular weight is 298 g/mol. The monoisotopic (exact) mass is 298 g/mol. The lowest BCUT2D eigenvalue weighted by molar-refractivity contribution is -0.148. The summed E-state index contributed by atoms with van der Waals surface area (Å²) < 4.78 is 33.3. The maximum absolute atomic E-state index is 11.4. The largest absolute Gasteiger partial charge is 0.487 e. The van der Waals surface area contributed by atoms with Gasteiger partial charge in [-0.1, -0.05) is 0 Å². The molecule has 0 radical (unpaired) electrons. The van der Waals surface area contributed by atoms with Crippen molar-refractivity contribution in [3.8, 4) is 5.75 Å². The molecule has 1 aromatic carbocycles. The second kappa shape index (κ2) is 5.44. The van der Waals surface area contributed by atoms with Gasteiger partial charge in [-0.3, -0.25) is 4.79 Å². The van der Waals surface area contributed by atoms with Crippen LogP contribution in [0, 0.1) is 0 Å². The number of hydrogen-bond donors (Lipinski definition) is 0.